The van der Waals surface area contributed by atoms with Crippen LogP contribution < -0.4 is 9.80 Å². The third-order valence-electron chi connectivity index (χ3n) is 3.22. The highest BCUT2D eigenvalue weighted by Crippen LogP contribution is 2.17. The monoisotopic (exact) mass is 253 g/mol. The van der Waals surface area contributed by atoms with Crippen LogP contribution in [-0.2, 0) is 6.42 Å². The largest absolute Gasteiger partial charge is 0.378 e. The molecular weight excluding hydrogens is 232 g/mol. The van der Waals surface area contributed by atoms with E-state index in [4.69, 9.17) is 0 Å². The molecule has 2 aromatic rings. The van der Waals surface area contributed by atoms with Crippen LogP contribution in [0.3, 0.4) is 0 Å². The van der Waals surface area contributed by atoms with Crippen LogP contribution >= 0.6 is 0 Å². The molecule has 2 aromatic carbocycles. The molecule has 0 spiro atoms. The summed E-state index contributed by atoms with van der Waals surface area (Å²) in [6, 6.07) is 18.4. The van der Waals surface area contributed by atoms with Crippen LogP contribution in [0.2, 0.25) is 0 Å². The minimum atomic E-state index is 0.932. The van der Waals surface area contributed by atoms with Gasteiger partial charge in [-0.25, -0.2) is 0 Å². The van der Waals surface area contributed by atoms with E-state index in [9.17, 15) is 0 Å². The second-order valence-electron chi connectivity index (χ2n) is 5.20. The topological polar surface area (TPSA) is 6.48 Å². The van der Waals surface area contributed by atoms with Crippen LogP contribution in [0, 0.1) is 6.07 Å². The molecule has 0 saturated carbocycles. The second kappa shape index (κ2) is 5.79. The van der Waals surface area contributed by atoms with Gasteiger partial charge in [0.1, 0.15) is 0 Å². The van der Waals surface area contributed by atoms with E-state index >= 15 is 0 Å². The van der Waals surface area contributed by atoms with Crippen molar-refractivity contribution in [2.24, 2.45) is 0 Å². The van der Waals surface area contributed by atoms with Crippen molar-refractivity contribution in [2.75, 3.05) is 38.0 Å². The molecule has 0 unspecified atom stereocenters. The lowest BCUT2D eigenvalue weighted by Crippen LogP contribution is -2.08. The van der Waals surface area contributed by atoms with E-state index in [1.165, 1.54) is 22.5 Å². The van der Waals surface area contributed by atoms with Crippen LogP contribution in [-0.4, -0.2) is 28.2 Å². The quantitative estimate of drug-likeness (QED) is 0.825. The predicted octanol–water partition coefficient (Wildman–Crippen LogP) is 3.21. The zero-order chi connectivity index (χ0) is 13.8. The summed E-state index contributed by atoms with van der Waals surface area (Å²) in [4.78, 5) is 4.20. The van der Waals surface area contributed by atoms with Crippen molar-refractivity contribution in [3.05, 3.63) is 59.7 Å². The molecule has 0 fully saturated rings. The van der Waals surface area contributed by atoms with Crippen LogP contribution in [0.1, 0.15) is 11.1 Å². The highest BCUT2D eigenvalue weighted by Gasteiger charge is 2.00. The van der Waals surface area contributed by atoms with Gasteiger partial charge in [-0.05, 0) is 47.9 Å². The Hall–Kier alpha value is -1.96. The minimum Gasteiger partial charge on any atom is -0.378 e. The van der Waals surface area contributed by atoms with Crippen LogP contribution in [0.15, 0.2) is 42.5 Å². The van der Waals surface area contributed by atoms with Crippen molar-refractivity contribution in [3.63, 3.8) is 0 Å². The average Bonchev–Trinajstić information content (AvgIpc) is 2.40. The Labute approximate surface area is 116 Å². The first kappa shape index (κ1) is 13.5. The molecule has 2 nitrogen and oxygen atoms in total. The molecule has 0 heterocycles. The van der Waals surface area contributed by atoms with Crippen LogP contribution in [0.25, 0.3) is 0 Å². The van der Waals surface area contributed by atoms with Crippen molar-refractivity contribution in [2.45, 2.75) is 6.42 Å². The first-order chi connectivity index (χ1) is 9.06. The number of rotatable bonds is 4. The van der Waals surface area contributed by atoms with E-state index in [1.807, 2.05) is 20.2 Å². The smallest absolute Gasteiger partial charge is 0.0367 e. The van der Waals surface area contributed by atoms with Crippen molar-refractivity contribution in [3.8, 4) is 0 Å². The Morgan fingerprint density at radius 2 is 1.37 bits per heavy atom. The van der Waals surface area contributed by atoms with E-state index in [2.05, 4.69) is 66.4 Å². The van der Waals surface area contributed by atoms with Gasteiger partial charge >= 0.3 is 0 Å². The number of anilines is 2. The second-order valence-corrected chi connectivity index (χ2v) is 5.20. The van der Waals surface area contributed by atoms with Crippen molar-refractivity contribution in [1.82, 2.24) is 0 Å². The molecule has 2 rings (SSSR count). The maximum Gasteiger partial charge on any atom is 0.0367 e. The molecule has 1 radical (unpaired) electrons. The Bertz CT molecular complexity index is 460. The zero-order valence-corrected chi connectivity index (χ0v) is 12.1. The fraction of sp³-hybridized carbons (Fsp3) is 0.294. The number of benzene rings is 2. The normalized spacial score (nSPS) is 10.3. The van der Waals surface area contributed by atoms with E-state index < -0.39 is 0 Å². The maximum absolute atomic E-state index is 3.35. The Morgan fingerprint density at radius 1 is 0.789 bits per heavy atom. The Kier molecular flexibility index (Phi) is 4.10. The number of hydrogen-bond acceptors (Lipinski definition) is 2. The van der Waals surface area contributed by atoms with Gasteiger partial charge in [0.05, 0.1) is 0 Å². The van der Waals surface area contributed by atoms with Gasteiger partial charge in [0, 0.05) is 39.6 Å². The molecule has 0 saturated heterocycles. The summed E-state index contributed by atoms with van der Waals surface area (Å²) < 4.78 is 0. The molecule has 0 amide bonds. The lowest BCUT2D eigenvalue weighted by molar-refractivity contribution is 1.11. The first-order valence-electron chi connectivity index (χ1n) is 6.50. The lowest BCUT2D eigenvalue weighted by atomic mass is 10.0. The van der Waals surface area contributed by atoms with E-state index in [-0.39, 0.29) is 0 Å². The Balaban J connectivity index is 2.08. The van der Waals surface area contributed by atoms with Crippen molar-refractivity contribution < 1.29 is 0 Å². The fourth-order valence-corrected chi connectivity index (χ4v) is 1.97. The summed E-state index contributed by atoms with van der Waals surface area (Å²) in [5, 5.41) is 0. The lowest BCUT2D eigenvalue weighted by Gasteiger charge is -2.13. The molecule has 19 heavy (non-hydrogen) atoms. The van der Waals surface area contributed by atoms with Gasteiger partial charge in [0.2, 0.25) is 0 Å². The molecule has 99 valence electrons. The molecule has 0 N–H and O–H groups in total. The zero-order valence-electron chi connectivity index (χ0n) is 12.1. The van der Waals surface area contributed by atoms with Crippen LogP contribution in [0.5, 0.6) is 0 Å². The summed E-state index contributed by atoms with van der Waals surface area (Å²) in [6.45, 7) is 0. The van der Waals surface area contributed by atoms with Crippen molar-refractivity contribution >= 4 is 11.4 Å². The predicted molar refractivity (Wildman–Crippen MR) is 83.2 cm³/mol. The highest BCUT2D eigenvalue weighted by atomic mass is 15.1. The van der Waals surface area contributed by atoms with E-state index in [0.29, 0.717) is 0 Å². The standard InChI is InChI=1S/C17H21N2/c1-18(2)16-9-5-14(6-10-16)13-15-7-11-17(12-8-15)19(3)4/h5-7,9-12H,13H2,1-4H3. The maximum atomic E-state index is 3.35. The molecular formula is C17H21N2. The van der Waals surface area contributed by atoms with E-state index in [0.717, 1.165) is 6.42 Å². The third-order valence-corrected chi connectivity index (χ3v) is 3.22. The molecule has 0 aliphatic heterocycles. The molecule has 0 aliphatic carbocycles. The van der Waals surface area contributed by atoms with E-state index in [1.54, 1.807) is 0 Å². The summed E-state index contributed by atoms with van der Waals surface area (Å²) in [5.74, 6) is 0. The van der Waals surface area contributed by atoms with Gasteiger partial charge in [-0.15, -0.1) is 0 Å². The fourth-order valence-electron chi connectivity index (χ4n) is 1.97. The summed E-state index contributed by atoms with van der Waals surface area (Å²) >= 11 is 0. The molecule has 0 aromatic heterocycles. The minimum absolute atomic E-state index is 0.932. The van der Waals surface area contributed by atoms with Crippen LogP contribution in [0.4, 0.5) is 11.4 Å². The number of hydrogen-bond donors (Lipinski definition) is 0. The SMILES string of the molecule is CN(C)c1c[c]c(Cc2ccc(N(C)C)cc2)cc1. The summed E-state index contributed by atoms with van der Waals surface area (Å²) in [6.07, 6.45) is 0.932. The molecule has 0 bridgehead atoms. The molecule has 0 atom stereocenters. The van der Waals surface area contributed by atoms with Crippen molar-refractivity contribution in [1.29, 1.82) is 0 Å². The highest BCUT2D eigenvalue weighted by molar-refractivity contribution is 5.48. The van der Waals surface area contributed by atoms with Gasteiger partial charge < -0.3 is 9.80 Å². The summed E-state index contributed by atoms with van der Waals surface area (Å²) in [7, 11) is 8.21. The van der Waals surface area contributed by atoms with Gasteiger partial charge in [-0.3, -0.25) is 0 Å². The average molecular weight is 253 g/mol. The molecule has 2 heteroatoms. The first-order valence-corrected chi connectivity index (χ1v) is 6.50. The van der Waals surface area contributed by atoms with Gasteiger partial charge in [-0.1, -0.05) is 18.2 Å². The van der Waals surface area contributed by atoms with Gasteiger partial charge in [-0.2, -0.15) is 0 Å². The van der Waals surface area contributed by atoms with Gasteiger partial charge in [0.15, 0.2) is 0 Å². The molecule has 0 aliphatic rings. The Morgan fingerprint density at radius 3 is 1.84 bits per heavy atom. The van der Waals surface area contributed by atoms with Gasteiger partial charge in [0.25, 0.3) is 0 Å². The number of nitrogens with zero attached hydrogens (tertiary/aromatic N) is 2. The third kappa shape index (κ3) is 3.50. The summed E-state index contributed by atoms with van der Waals surface area (Å²) in [5.41, 5.74) is 4.96.